The van der Waals surface area contributed by atoms with Gasteiger partial charge in [0.1, 0.15) is 11.6 Å². The first kappa shape index (κ1) is 26.1. The minimum absolute atomic E-state index is 0.761. The van der Waals surface area contributed by atoms with Gasteiger partial charge in [0.25, 0.3) is 0 Å². The lowest BCUT2D eigenvalue weighted by atomic mass is 9.93. The average Bonchev–Trinajstić information content (AvgIpc) is 3.44. The molecule has 204 valence electrons. The lowest BCUT2D eigenvalue weighted by Gasteiger charge is -2.32. The van der Waals surface area contributed by atoms with E-state index in [9.17, 15) is 0 Å². The molecule has 5 heteroatoms. The van der Waals surface area contributed by atoms with E-state index in [1.807, 2.05) is 0 Å². The molecule has 0 unspecified atom stereocenters. The Morgan fingerprint density at radius 3 is 2.41 bits per heavy atom. The van der Waals surface area contributed by atoms with Crippen LogP contribution in [0, 0.1) is 5.92 Å². The molecule has 3 aliphatic heterocycles. The SMILES string of the molecule is c1ccc(CN2CCCc3ccc(OCCC4CCN(Cc5ccc(C6=NCCN6)cc5)CC4)cc3C2)cc1. The van der Waals surface area contributed by atoms with E-state index in [1.165, 1.54) is 60.2 Å². The van der Waals surface area contributed by atoms with Gasteiger partial charge in [0, 0.05) is 31.7 Å². The van der Waals surface area contributed by atoms with Crippen molar-refractivity contribution in [3.63, 3.8) is 0 Å². The fourth-order valence-electron chi connectivity index (χ4n) is 6.27. The van der Waals surface area contributed by atoms with E-state index in [2.05, 4.69) is 92.9 Å². The fraction of sp³-hybridized carbons (Fsp3) is 0.441. The van der Waals surface area contributed by atoms with Crippen LogP contribution in [0.25, 0.3) is 0 Å². The first-order chi connectivity index (χ1) is 19.3. The summed E-state index contributed by atoms with van der Waals surface area (Å²) < 4.78 is 6.30. The highest BCUT2D eigenvalue weighted by Gasteiger charge is 2.20. The van der Waals surface area contributed by atoms with Gasteiger partial charge in [-0.1, -0.05) is 60.7 Å². The first-order valence-corrected chi connectivity index (χ1v) is 14.9. The summed E-state index contributed by atoms with van der Waals surface area (Å²) >= 11 is 0. The van der Waals surface area contributed by atoms with Gasteiger partial charge in [0.2, 0.25) is 0 Å². The maximum Gasteiger partial charge on any atom is 0.128 e. The Hall–Kier alpha value is -3.15. The standard InChI is InChI=1S/C34H42N4O/c1-2-5-28(6-3-1)25-38-19-4-7-30-12-13-33(23-32(30)26-38)39-22-16-27-14-20-37(21-15-27)24-29-8-10-31(11-9-29)34-35-17-18-36-34/h1-3,5-6,8-13,23,27H,4,7,14-22,24-26H2,(H,35,36). The van der Waals surface area contributed by atoms with Gasteiger partial charge in [0.05, 0.1) is 13.2 Å². The third-order valence-electron chi connectivity index (χ3n) is 8.55. The molecule has 0 bridgehead atoms. The summed E-state index contributed by atoms with van der Waals surface area (Å²) in [7, 11) is 0. The molecule has 3 aliphatic rings. The van der Waals surface area contributed by atoms with E-state index in [0.717, 1.165) is 76.2 Å². The zero-order chi connectivity index (χ0) is 26.3. The zero-order valence-corrected chi connectivity index (χ0v) is 23.2. The molecule has 0 saturated carbocycles. The van der Waals surface area contributed by atoms with E-state index in [4.69, 9.17) is 4.74 Å². The molecule has 1 saturated heterocycles. The molecule has 0 atom stereocenters. The molecule has 0 spiro atoms. The number of aryl methyl sites for hydroxylation is 1. The summed E-state index contributed by atoms with van der Waals surface area (Å²) in [5.41, 5.74) is 6.92. The van der Waals surface area contributed by atoms with E-state index < -0.39 is 0 Å². The normalized spacial score (nSPS) is 18.7. The average molecular weight is 523 g/mol. The number of ether oxygens (including phenoxy) is 1. The van der Waals surface area contributed by atoms with Crippen molar-refractivity contribution in [2.45, 2.75) is 51.7 Å². The van der Waals surface area contributed by atoms with Crippen molar-refractivity contribution in [3.05, 3.63) is 101 Å². The van der Waals surface area contributed by atoms with E-state index >= 15 is 0 Å². The molecule has 1 N–H and O–H groups in total. The van der Waals surface area contributed by atoms with Crippen molar-refractivity contribution >= 4 is 5.84 Å². The summed E-state index contributed by atoms with van der Waals surface area (Å²) in [6.45, 7) is 9.23. The summed E-state index contributed by atoms with van der Waals surface area (Å²) in [6, 6.07) is 26.6. The van der Waals surface area contributed by atoms with Gasteiger partial charge < -0.3 is 10.1 Å². The van der Waals surface area contributed by atoms with Crippen LogP contribution in [-0.2, 0) is 26.1 Å². The molecule has 3 aromatic carbocycles. The number of hydrogen-bond acceptors (Lipinski definition) is 5. The van der Waals surface area contributed by atoms with Crippen LogP contribution in [0.3, 0.4) is 0 Å². The Balaban J connectivity index is 0.939. The number of aliphatic imine (C=N–C) groups is 1. The van der Waals surface area contributed by atoms with Crippen molar-refractivity contribution in [2.24, 2.45) is 10.9 Å². The summed E-state index contributed by atoms with van der Waals surface area (Å²) in [6.07, 6.45) is 6.06. The second-order valence-electron chi connectivity index (χ2n) is 11.4. The van der Waals surface area contributed by atoms with Gasteiger partial charge in [0.15, 0.2) is 0 Å². The van der Waals surface area contributed by atoms with Crippen molar-refractivity contribution in [2.75, 3.05) is 39.3 Å². The predicted octanol–water partition coefficient (Wildman–Crippen LogP) is 5.67. The summed E-state index contributed by atoms with van der Waals surface area (Å²) in [4.78, 5) is 9.71. The maximum absolute atomic E-state index is 6.30. The lowest BCUT2D eigenvalue weighted by Crippen LogP contribution is -2.33. The number of nitrogens with one attached hydrogen (secondary N) is 1. The molecule has 0 radical (unpaired) electrons. The van der Waals surface area contributed by atoms with Crippen LogP contribution in [0.4, 0.5) is 0 Å². The van der Waals surface area contributed by atoms with Crippen LogP contribution in [0.5, 0.6) is 5.75 Å². The van der Waals surface area contributed by atoms with Gasteiger partial charge in [-0.3, -0.25) is 14.8 Å². The quantitative estimate of drug-likeness (QED) is 0.393. The van der Waals surface area contributed by atoms with Crippen LogP contribution in [-0.4, -0.2) is 55.0 Å². The molecule has 39 heavy (non-hydrogen) atoms. The van der Waals surface area contributed by atoms with Gasteiger partial charge in [-0.15, -0.1) is 0 Å². The number of nitrogens with zero attached hydrogens (tertiary/aromatic N) is 3. The molecule has 0 amide bonds. The number of likely N-dealkylation sites (tertiary alicyclic amines) is 1. The Morgan fingerprint density at radius 2 is 1.62 bits per heavy atom. The van der Waals surface area contributed by atoms with Crippen LogP contribution < -0.4 is 10.1 Å². The molecule has 0 aliphatic carbocycles. The Morgan fingerprint density at radius 1 is 0.821 bits per heavy atom. The smallest absolute Gasteiger partial charge is 0.128 e. The molecule has 3 aromatic rings. The minimum Gasteiger partial charge on any atom is -0.494 e. The van der Waals surface area contributed by atoms with Crippen LogP contribution in [0.1, 0.15) is 53.5 Å². The molecule has 1 fully saturated rings. The number of piperidine rings is 1. The maximum atomic E-state index is 6.30. The number of amidine groups is 1. The van der Waals surface area contributed by atoms with Gasteiger partial charge in [-0.2, -0.15) is 0 Å². The lowest BCUT2D eigenvalue weighted by molar-refractivity contribution is 0.157. The van der Waals surface area contributed by atoms with Gasteiger partial charge in [-0.05, 0) is 92.0 Å². The van der Waals surface area contributed by atoms with Crippen molar-refractivity contribution in [3.8, 4) is 5.75 Å². The number of hydrogen-bond donors (Lipinski definition) is 1. The van der Waals surface area contributed by atoms with E-state index in [1.54, 1.807) is 0 Å². The molecule has 3 heterocycles. The van der Waals surface area contributed by atoms with Gasteiger partial charge in [-0.25, -0.2) is 0 Å². The highest BCUT2D eigenvalue weighted by molar-refractivity contribution is 5.99. The zero-order valence-electron chi connectivity index (χ0n) is 23.2. The van der Waals surface area contributed by atoms with Crippen LogP contribution in [0.2, 0.25) is 0 Å². The number of benzene rings is 3. The third kappa shape index (κ3) is 7.09. The first-order valence-electron chi connectivity index (χ1n) is 14.9. The highest BCUT2D eigenvalue weighted by Crippen LogP contribution is 2.26. The van der Waals surface area contributed by atoms with Crippen molar-refractivity contribution in [1.29, 1.82) is 0 Å². The Kier molecular flexibility index (Phi) is 8.56. The second-order valence-corrected chi connectivity index (χ2v) is 11.4. The van der Waals surface area contributed by atoms with Crippen LogP contribution >= 0.6 is 0 Å². The second kappa shape index (κ2) is 12.8. The summed E-state index contributed by atoms with van der Waals surface area (Å²) in [5, 5.41) is 3.36. The minimum atomic E-state index is 0.761. The topological polar surface area (TPSA) is 40.1 Å². The van der Waals surface area contributed by atoms with Crippen molar-refractivity contribution in [1.82, 2.24) is 15.1 Å². The number of fused-ring (bicyclic) bond motifs is 1. The van der Waals surface area contributed by atoms with E-state index in [-0.39, 0.29) is 0 Å². The van der Waals surface area contributed by atoms with Crippen LogP contribution in [0.15, 0.2) is 77.8 Å². The largest absolute Gasteiger partial charge is 0.494 e. The predicted molar refractivity (Wildman–Crippen MR) is 159 cm³/mol. The third-order valence-corrected chi connectivity index (χ3v) is 8.55. The van der Waals surface area contributed by atoms with Gasteiger partial charge >= 0.3 is 0 Å². The summed E-state index contributed by atoms with van der Waals surface area (Å²) in [5.74, 6) is 2.84. The molecule has 0 aromatic heterocycles. The monoisotopic (exact) mass is 522 g/mol. The highest BCUT2D eigenvalue weighted by atomic mass is 16.5. The number of rotatable bonds is 9. The Bertz CT molecular complexity index is 1230. The molecule has 5 nitrogen and oxygen atoms in total. The molecular weight excluding hydrogens is 480 g/mol. The van der Waals surface area contributed by atoms with E-state index in [0.29, 0.717) is 0 Å². The molecular formula is C34H42N4O. The molecule has 6 rings (SSSR count). The fourth-order valence-corrected chi connectivity index (χ4v) is 6.27. The Labute approximate surface area is 233 Å². The van der Waals surface area contributed by atoms with Crippen molar-refractivity contribution < 1.29 is 4.74 Å².